The van der Waals surface area contributed by atoms with Crippen LogP contribution < -0.4 is 5.73 Å². The minimum Gasteiger partial charge on any atom is -0.399 e. The van der Waals surface area contributed by atoms with E-state index in [1.165, 1.54) is 12.1 Å². The van der Waals surface area contributed by atoms with E-state index in [-0.39, 0.29) is 5.82 Å². The lowest BCUT2D eigenvalue weighted by Gasteiger charge is -2.05. The highest BCUT2D eigenvalue weighted by Gasteiger charge is 2.06. The number of aromatic nitrogens is 1. The van der Waals surface area contributed by atoms with Gasteiger partial charge in [-0.1, -0.05) is 12.1 Å². The molecular weight excluding hydrogens is 247 g/mol. The van der Waals surface area contributed by atoms with E-state index in [2.05, 4.69) is 4.98 Å². The van der Waals surface area contributed by atoms with E-state index >= 15 is 0 Å². The topological polar surface area (TPSA) is 38.9 Å². The second-order valence-electron chi connectivity index (χ2n) is 4.18. The van der Waals surface area contributed by atoms with Crippen LogP contribution in [-0.2, 0) is 6.42 Å². The van der Waals surface area contributed by atoms with E-state index in [4.69, 9.17) is 5.73 Å². The molecule has 1 heterocycles. The third kappa shape index (κ3) is 2.07. The van der Waals surface area contributed by atoms with Crippen molar-refractivity contribution < 1.29 is 4.39 Å². The van der Waals surface area contributed by atoms with E-state index in [1.54, 1.807) is 23.5 Å². The second kappa shape index (κ2) is 4.38. The van der Waals surface area contributed by atoms with E-state index in [0.29, 0.717) is 5.69 Å². The molecule has 0 amide bonds. The van der Waals surface area contributed by atoms with Gasteiger partial charge in [-0.3, -0.25) is 0 Å². The molecule has 2 N–H and O–H groups in total. The molecule has 1 aromatic heterocycles. The van der Waals surface area contributed by atoms with E-state index in [0.717, 1.165) is 27.8 Å². The van der Waals surface area contributed by atoms with Crippen LogP contribution >= 0.6 is 11.3 Å². The van der Waals surface area contributed by atoms with Gasteiger partial charge < -0.3 is 5.73 Å². The van der Waals surface area contributed by atoms with Crippen molar-refractivity contribution in [1.29, 1.82) is 0 Å². The van der Waals surface area contributed by atoms with Crippen LogP contribution in [0.2, 0.25) is 0 Å². The fourth-order valence-corrected chi connectivity index (χ4v) is 2.80. The Bertz CT molecular complexity index is 689. The zero-order chi connectivity index (χ0) is 12.5. The third-order valence-corrected chi connectivity index (χ3v) is 3.76. The maximum absolute atomic E-state index is 12.9. The number of nitrogen functional groups attached to an aromatic ring is 1. The Labute approximate surface area is 108 Å². The first kappa shape index (κ1) is 11.2. The highest BCUT2D eigenvalue weighted by atomic mass is 32.1. The van der Waals surface area contributed by atoms with Crippen LogP contribution in [0.25, 0.3) is 10.2 Å². The molecule has 0 saturated carbocycles. The molecule has 0 fully saturated rings. The molecular formula is C14H11FN2S. The number of hydrogen-bond acceptors (Lipinski definition) is 3. The zero-order valence-electron chi connectivity index (χ0n) is 9.56. The number of benzene rings is 2. The first-order valence-electron chi connectivity index (χ1n) is 5.58. The smallest absolute Gasteiger partial charge is 0.123 e. The molecule has 0 radical (unpaired) electrons. The summed E-state index contributed by atoms with van der Waals surface area (Å²) in [6.45, 7) is 0. The largest absolute Gasteiger partial charge is 0.399 e. The van der Waals surface area contributed by atoms with Gasteiger partial charge in [-0.2, -0.15) is 0 Å². The van der Waals surface area contributed by atoms with Gasteiger partial charge in [-0.05, 0) is 41.8 Å². The second-order valence-corrected chi connectivity index (χ2v) is 5.04. The molecule has 0 aliphatic carbocycles. The Morgan fingerprint density at radius 2 is 1.94 bits per heavy atom. The van der Waals surface area contributed by atoms with Crippen molar-refractivity contribution in [3.8, 4) is 0 Å². The van der Waals surface area contributed by atoms with Crippen molar-refractivity contribution in [2.75, 3.05) is 5.73 Å². The summed E-state index contributed by atoms with van der Waals surface area (Å²) in [5.41, 5.74) is 11.5. The number of thiazole rings is 1. The van der Waals surface area contributed by atoms with Crippen LogP contribution in [-0.4, -0.2) is 4.98 Å². The number of nitrogens with two attached hydrogens (primary N) is 1. The van der Waals surface area contributed by atoms with Crippen LogP contribution in [0.1, 0.15) is 11.1 Å². The molecule has 0 spiro atoms. The maximum atomic E-state index is 12.9. The van der Waals surface area contributed by atoms with Crippen LogP contribution in [0.15, 0.2) is 41.9 Å². The minimum atomic E-state index is -0.214. The lowest BCUT2D eigenvalue weighted by Crippen LogP contribution is -1.92. The normalized spacial score (nSPS) is 10.9. The summed E-state index contributed by atoms with van der Waals surface area (Å²) in [7, 11) is 0. The zero-order valence-corrected chi connectivity index (χ0v) is 10.4. The number of rotatable bonds is 2. The Morgan fingerprint density at radius 3 is 2.72 bits per heavy atom. The molecule has 0 atom stereocenters. The summed E-state index contributed by atoms with van der Waals surface area (Å²) in [4.78, 5) is 4.27. The lowest BCUT2D eigenvalue weighted by molar-refractivity contribution is 0.627. The molecule has 90 valence electrons. The first-order chi connectivity index (χ1) is 8.72. The number of fused-ring (bicyclic) bond motifs is 1. The fourth-order valence-electron chi connectivity index (χ4n) is 2.02. The average molecular weight is 258 g/mol. The van der Waals surface area contributed by atoms with Crippen LogP contribution in [0, 0.1) is 5.82 Å². The Hall–Kier alpha value is -1.94. The van der Waals surface area contributed by atoms with Crippen LogP contribution in [0.3, 0.4) is 0 Å². The van der Waals surface area contributed by atoms with Gasteiger partial charge >= 0.3 is 0 Å². The van der Waals surface area contributed by atoms with Gasteiger partial charge in [0.1, 0.15) is 5.82 Å². The molecule has 0 aliphatic heterocycles. The summed E-state index contributed by atoms with van der Waals surface area (Å²) >= 11 is 1.60. The molecule has 3 aromatic rings. The van der Waals surface area contributed by atoms with Crippen LogP contribution in [0.4, 0.5) is 10.1 Å². The summed E-state index contributed by atoms with van der Waals surface area (Å²) in [6, 6.07) is 10.4. The van der Waals surface area contributed by atoms with Crippen molar-refractivity contribution in [1.82, 2.24) is 4.98 Å². The molecule has 3 rings (SSSR count). The van der Waals surface area contributed by atoms with E-state index in [9.17, 15) is 4.39 Å². The van der Waals surface area contributed by atoms with Crippen molar-refractivity contribution >= 4 is 27.2 Å². The molecule has 2 nitrogen and oxygen atoms in total. The van der Waals surface area contributed by atoms with Crippen molar-refractivity contribution in [2.45, 2.75) is 6.42 Å². The van der Waals surface area contributed by atoms with Gasteiger partial charge in [0.05, 0.1) is 15.7 Å². The monoisotopic (exact) mass is 258 g/mol. The Morgan fingerprint density at radius 1 is 1.17 bits per heavy atom. The van der Waals surface area contributed by atoms with Gasteiger partial charge in [0, 0.05) is 5.69 Å². The van der Waals surface area contributed by atoms with Crippen molar-refractivity contribution in [3.05, 3.63) is 58.9 Å². The van der Waals surface area contributed by atoms with Gasteiger partial charge in [-0.15, -0.1) is 11.3 Å². The molecule has 0 saturated heterocycles. The van der Waals surface area contributed by atoms with Gasteiger partial charge in [0.2, 0.25) is 0 Å². The minimum absolute atomic E-state index is 0.214. The molecule has 0 bridgehead atoms. The predicted molar refractivity (Wildman–Crippen MR) is 73.2 cm³/mol. The number of halogens is 1. The number of nitrogens with zero attached hydrogens (tertiary/aromatic N) is 1. The molecule has 18 heavy (non-hydrogen) atoms. The van der Waals surface area contributed by atoms with Crippen molar-refractivity contribution in [2.24, 2.45) is 0 Å². The highest BCUT2D eigenvalue weighted by molar-refractivity contribution is 7.17. The van der Waals surface area contributed by atoms with E-state index < -0.39 is 0 Å². The van der Waals surface area contributed by atoms with Crippen LogP contribution in [0.5, 0.6) is 0 Å². The Kier molecular flexibility index (Phi) is 2.72. The highest BCUT2D eigenvalue weighted by Crippen LogP contribution is 2.27. The fraction of sp³-hybridized carbons (Fsp3) is 0.0714. The van der Waals surface area contributed by atoms with Gasteiger partial charge in [0.15, 0.2) is 0 Å². The molecule has 0 aliphatic rings. The van der Waals surface area contributed by atoms with Gasteiger partial charge in [-0.25, -0.2) is 9.37 Å². The summed E-state index contributed by atoms with van der Waals surface area (Å²) < 4.78 is 14.0. The van der Waals surface area contributed by atoms with Crippen molar-refractivity contribution in [3.63, 3.8) is 0 Å². The standard InChI is InChI=1S/C14H11FN2S/c15-11-3-1-9(2-4-11)5-10-6-12(16)7-13-14(10)18-8-17-13/h1-4,6-8H,5,16H2. The van der Waals surface area contributed by atoms with Gasteiger partial charge in [0.25, 0.3) is 0 Å². The third-order valence-electron chi connectivity index (χ3n) is 2.84. The SMILES string of the molecule is Nc1cc(Cc2ccc(F)cc2)c2scnc2c1. The average Bonchev–Trinajstić information content (AvgIpc) is 2.80. The first-order valence-corrected chi connectivity index (χ1v) is 6.46. The number of hydrogen-bond donors (Lipinski definition) is 1. The lowest BCUT2D eigenvalue weighted by atomic mass is 10.0. The molecule has 0 unspecified atom stereocenters. The predicted octanol–water partition coefficient (Wildman–Crippen LogP) is 3.61. The summed E-state index contributed by atoms with van der Waals surface area (Å²) in [5, 5.41) is 0. The molecule has 4 heteroatoms. The maximum Gasteiger partial charge on any atom is 0.123 e. The summed E-state index contributed by atoms with van der Waals surface area (Å²) in [6.07, 6.45) is 0.740. The number of anilines is 1. The van der Waals surface area contributed by atoms with E-state index in [1.807, 2.05) is 17.6 Å². The summed E-state index contributed by atoms with van der Waals surface area (Å²) in [5.74, 6) is -0.214. The quantitative estimate of drug-likeness (QED) is 0.713. The molecule has 2 aromatic carbocycles. The Balaban J connectivity index is 2.03.